The Kier molecular flexibility index (Phi) is 5.43. The molecule has 5 aromatic carbocycles. The number of carbonyl (C=O) groups excluding carboxylic acids is 1. The fourth-order valence-corrected chi connectivity index (χ4v) is 4.68. The SMILES string of the molecule is O=C(COc1ccc2ccccc2c1)Nc1ccc2oc(-c3cccc4c(Br)cccc34)nc2c1. The van der Waals surface area contributed by atoms with E-state index in [-0.39, 0.29) is 12.5 Å². The fraction of sp³-hybridized carbons (Fsp3) is 0.0345. The molecule has 0 fully saturated rings. The highest BCUT2D eigenvalue weighted by Crippen LogP contribution is 2.34. The Balaban J connectivity index is 1.20. The van der Waals surface area contributed by atoms with Crippen molar-refractivity contribution in [2.75, 3.05) is 11.9 Å². The zero-order chi connectivity index (χ0) is 23.8. The predicted octanol–water partition coefficient (Wildman–Crippen LogP) is 7.58. The predicted molar refractivity (Wildman–Crippen MR) is 143 cm³/mol. The van der Waals surface area contributed by atoms with Crippen LogP contribution in [0.5, 0.6) is 5.75 Å². The topological polar surface area (TPSA) is 64.4 Å². The second-order valence-electron chi connectivity index (χ2n) is 8.19. The Labute approximate surface area is 209 Å². The van der Waals surface area contributed by atoms with Crippen LogP contribution in [0, 0.1) is 0 Å². The van der Waals surface area contributed by atoms with E-state index in [4.69, 9.17) is 9.15 Å². The normalized spacial score (nSPS) is 11.2. The van der Waals surface area contributed by atoms with E-state index in [1.165, 1.54) is 0 Å². The van der Waals surface area contributed by atoms with Crippen molar-refractivity contribution in [1.82, 2.24) is 4.98 Å². The van der Waals surface area contributed by atoms with Gasteiger partial charge in [0.15, 0.2) is 12.2 Å². The number of anilines is 1. The summed E-state index contributed by atoms with van der Waals surface area (Å²) in [5.41, 5.74) is 2.86. The van der Waals surface area contributed by atoms with Gasteiger partial charge in [-0.05, 0) is 64.0 Å². The summed E-state index contributed by atoms with van der Waals surface area (Å²) in [6.45, 7) is -0.0919. The molecule has 1 heterocycles. The number of amides is 1. The van der Waals surface area contributed by atoms with Gasteiger partial charge in [-0.3, -0.25) is 4.79 Å². The molecular weight excluding hydrogens is 504 g/mol. The van der Waals surface area contributed by atoms with Crippen LogP contribution in [-0.4, -0.2) is 17.5 Å². The van der Waals surface area contributed by atoms with Gasteiger partial charge < -0.3 is 14.5 Å². The molecule has 0 bridgehead atoms. The molecule has 170 valence electrons. The number of ether oxygens (including phenoxy) is 1. The second kappa shape index (κ2) is 8.89. The lowest BCUT2D eigenvalue weighted by Gasteiger charge is -2.08. The number of nitrogens with zero attached hydrogens (tertiary/aromatic N) is 1. The number of nitrogens with one attached hydrogen (secondary N) is 1. The summed E-state index contributed by atoms with van der Waals surface area (Å²) in [6, 6.07) is 31.3. The Hall–Kier alpha value is -4.16. The van der Waals surface area contributed by atoms with E-state index >= 15 is 0 Å². The van der Waals surface area contributed by atoms with Crippen molar-refractivity contribution >= 4 is 60.2 Å². The van der Waals surface area contributed by atoms with Crippen molar-refractivity contribution in [3.8, 4) is 17.2 Å². The van der Waals surface area contributed by atoms with Crippen LogP contribution in [0.15, 0.2) is 106 Å². The van der Waals surface area contributed by atoms with Crippen molar-refractivity contribution < 1.29 is 13.9 Å². The Morgan fingerprint density at radius 1 is 0.857 bits per heavy atom. The largest absolute Gasteiger partial charge is 0.484 e. The number of aromatic nitrogens is 1. The maximum atomic E-state index is 12.5. The second-order valence-corrected chi connectivity index (χ2v) is 9.04. The third-order valence-corrected chi connectivity index (χ3v) is 6.55. The van der Waals surface area contributed by atoms with Crippen molar-refractivity contribution in [1.29, 1.82) is 0 Å². The monoisotopic (exact) mass is 522 g/mol. The number of hydrogen-bond acceptors (Lipinski definition) is 4. The third-order valence-electron chi connectivity index (χ3n) is 5.86. The van der Waals surface area contributed by atoms with Crippen molar-refractivity contribution in [2.45, 2.75) is 0 Å². The van der Waals surface area contributed by atoms with Crippen LogP contribution >= 0.6 is 15.9 Å². The number of rotatable bonds is 5. The molecule has 0 aliphatic heterocycles. The molecule has 6 rings (SSSR count). The summed E-state index contributed by atoms with van der Waals surface area (Å²) in [4.78, 5) is 17.2. The van der Waals surface area contributed by atoms with Gasteiger partial charge in [0.1, 0.15) is 11.3 Å². The number of hydrogen-bond donors (Lipinski definition) is 1. The maximum Gasteiger partial charge on any atom is 0.262 e. The first-order chi connectivity index (χ1) is 17.1. The molecule has 0 spiro atoms. The number of fused-ring (bicyclic) bond motifs is 3. The first kappa shape index (κ1) is 21.4. The quantitative estimate of drug-likeness (QED) is 0.253. The van der Waals surface area contributed by atoms with E-state index in [1.807, 2.05) is 78.9 Å². The average Bonchev–Trinajstić information content (AvgIpc) is 3.30. The molecule has 0 saturated carbocycles. The van der Waals surface area contributed by atoms with Crippen LogP contribution in [0.3, 0.4) is 0 Å². The number of carbonyl (C=O) groups is 1. The molecule has 6 heteroatoms. The van der Waals surface area contributed by atoms with Crippen LogP contribution in [0.4, 0.5) is 5.69 Å². The van der Waals surface area contributed by atoms with Crippen LogP contribution in [-0.2, 0) is 4.79 Å². The van der Waals surface area contributed by atoms with Gasteiger partial charge in [-0.1, -0.05) is 70.5 Å². The summed E-state index contributed by atoms with van der Waals surface area (Å²) in [5, 5.41) is 7.21. The van der Waals surface area contributed by atoms with Gasteiger partial charge in [-0.25, -0.2) is 4.98 Å². The third kappa shape index (κ3) is 4.24. The molecule has 0 saturated heterocycles. The minimum Gasteiger partial charge on any atom is -0.484 e. The van der Waals surface area contributed by atoms with Gasteiger partial charge in [0.2, 0.25) is 5.89 Å². The standard InChI is InChI=1S/C29H19BrN2O3/c30-25-10-4-7-22-23(25)8-3-9-24(22)29-32-26-16-20(12-14-27(26)35-29)31-28(33)17-34-21-13-11-18-5-1-2-6-19(18)15-21/h1-16H,17H2,(H,31,33). The van der Waals surface area contributed by atoms with E-state index in [0.29, 0.717) is 28.4 Å². The zero-order valence-electron chi connectivity index (χ0n) is 18.5. The van der Waals surface area contributed by atoms with Gasteiger partial charge >= 0.3 is 0 Å². The molecule has 0 radical (unpaired) electrons. The van der Waals surface area contributed by atoms with Gasteiger partial charge in [0.05, 0.1) is 0 Å². The number of oxazole rings is 1. The van der Waals surface area contributed by atoms with Gasteiger partial charge in [0, 0.05) is 15.7 Å². The smallest absolute Gasteiger partial charge is 0.262 e. The van der Waals surface area contributed by atoms with Gasteiger partial charge in [0.25, 0.3) is 5.91 Å². The summed E-state index contributed by atoms with van der Waals surface area (Å²) < 4.78 is 12.8. The summed E-state index contributed by atoms with van der Waals surface area (Å²) in [5.74, 6) is 0.934. The number of halogens is 1. The zero-order valence-corrected chi connectivity index (χ0v) is 20.1. The molecule has 0 aliphatic carbocycles. The molecule has 1 N–H and O–H groups in total. The molecule has 1 aromatic heterocycles. The highest BCUT2D eigenvalue weighted by Gasteiger charge is 2.13. The van der Waals surface area contributed by atoms with E-state index in [2.05, 4.69) is 32.3 Å². The lowest BCUT2D eigenvalue weighted by Crippen LogP contribution is -2.20. The highest BCUT2D eigenvalue weighted by atomic mass is 79.9. The maximum absolute atomic E-state index is 12.5. The van der Waals surface area contributed by atoms with Gasteiger partial charge in [-0.2, -0.15) is 0 Å². The van der Waals surface area contributed by atoms with E-state index < -0.39 is 0 Å². The summed E-state index contributed by atoms with van der Waals surface area (Å²) in [6.07, 6.45) is 0. The molecule has 5 nitrogen and oxygen atoms in total. The van der Waals surface area contributed by atoms with E-state index in [1.54, 1.807) is 12.1 Å². The number of benzene rings is 5. The van der Waals surface area contributed by atoms with Crippen LogP contribution < -0.4 is 10.1 Å². The molecule has 6 aromatic rings. The summed E-state index contributed by atoms with van der Waals surface area (Å²) in [7, 11) is 0. The van der Waals surface area contributed by atoms with Crippen LogP contribution in [0.25, 0.3) is 44.1 Å². The molecule has 0 aliphatic rings. The summed E-state index contributed by atoms with van der Waals surface area (Å²) >= 11 is 3.61. The Morgan fingerprint density at radius 2 is 1.69 bits per heavy atom. The molecule has 0 atom stereocenters. The average molecular weight is 523 g/mol. The van der Waals surface area contributed by atoms with Crippen LogP contribution in [0.1, 0.15) is 0 Å². The van der Waals surface area contributed by atoms with Crippen molar-refractivity contribution in [2.24, 2.45) is 0 Å². The lowest BCUT2D eigenvalue weighted by atomic mass is 10.0. The van der Waals surface area contributed by atoms with E-state index in [0.717, 1.165) is 31.6 Å². The molecule has 1 amide bonds. The Bertz CT molecular complexity index is 1720. The first-order valence-electron chi connectivity index (χ1n) is 11.1. The molecule has 35 heavy (non-hydrogen) atoms. The highest BCUT2D eigenvalue weighted by molar-refractivity contribution is 9.10. The van der Waals surface area contributed by atoms with Crippen molar-refractivity contribution in [3.63, 3.8) is 0 Å². The Morgan fingerprint density at radius 3 is 2.60 bits per heavy atom. The first-order valence-corrected chi connectivity index (χ1v) is 11.9. The van der Waals surface area contributed by atoms with Crippen molar-refractivity contribution in [3.05, 3.63) is 102 Å². The minimum atomic E-state index is -0.250. The fourth-order valence-electron chi connectivity index (χ4n) is 4.18. The van der Waals surface area contributed by atoms with Crippen LogP contribution in [0.2, 0.25) is 0 Å². The van der Waals surface area contributed by atoms with Gasteiger partial charge in [-0.15, -0.1) is 0 Å². The molecular formula is C29H19BrN2O3. The molecule has 0 unspecified atom stereocenters. The van der Waals surface area contributed by atoms with E-state index in [9.17, 15) is 4.79 Å². The minimum absolute atomic E-state index is 0.0919. The lowest BCUT2D eigenvalue weighted by molar-refractivity contribution is -0.118.